The molecule has 4 nitrogen and oxygen atoms in total. The van der Waals surface area contributed by atoms with E-state index in [1.54, 1.807) is 6.20 Å². The molecule has 2 N–H and O–H groups in total. The molecule has 21 heavy (non-hydrogen) atoms. The minimum absolute atomic E-state index is 0.365. The van der Waals surface area contributed by atoms with Crippen LogP contribution in [0.3, 0.4) is 0 Å². The van der Waals surface area contributed by atoms with Gasteiger partial charge in [0, 0.05) is 18.9 Å². The van der Waals surface area contributed by atoms with Crippen LogP contribution in [0.2, 0.25) is 0 Å². The summed E-state index contributed by atoms with van der Waals surface area (Å²) in [5.74, 6) is 0.667. The lowest BCUT2D eigenvalue weighted by Crippen LogP contribution is -2.43. The van der Waals surface area contributed by atoms with Crippen molar-refractivity contribution in [3.05, 3.63) is 66.0 Å². The van der Waals surface area contributed by atoms with Gasteiger partial charge in [0.15, 0.2) is 5.96 Å². The summed E-state index contributed by atoms with van der Waals surface area (Å²) in [5, 5.41) is 0. The molecule has 1 aromatic carbocycles. The van der Waals surface area contributed by atoms with Crippen molar-refractivity contribution in [2.24, 2.45) is 10.7 Å². The molecule has 1 aromatic heterocycles. The number of hydrogen-bond acceptors (Lipinski definition) is 4. The summed E-state index contributed by atoms with van der Waals surface area (Å²) in [4.78, 5) is 10.8. The third-order valence-corrected chi connectivity index (χ3v) is 3.88. The fourth-order valence-electron chi connectivity index (χ4n) is 2.73. The van der Waals surface area contributed by atoms with Crippen molar-refractivity contribution in [1.82, 2.24) is 9.88 Å². The number of nitrogens with two attached hydrogens (primary N) is 1. The number of hydrogen-bond donors (Lipinski definition) is 1. The van der Waals surface area contributed by atoms with Crippen LogP contribution in [0, 0.1) is 0 Å². The van der Waals surface area contributed by atoms with Crippen LogP contribution < -0.4 is 5.73 Å². The van der Waals surface area contributed by atoms with Gasteiger partial charge in [0.05, 0.1) is 12.6 Å². The maximum atomic E-state index is 6.05. The van der Waals surface area contributed by atoms with Crippen molar-refractivity contribution in [1.29, 1.82) is 0 Å². The second-order valence-corrected chi connectivity index (χ2v) is 5.35. The van der Waals surface area contributed by atoms with Crippen molar-refractivity contribution in [2.45, 2.75) is 18.9 Å². The van der Waals surface area contributed by atoms with Crippen molar-refractivity contribution in [3.8, 4) is 0 Å². The quantitative estimate of drug-likeness (QED) is 0.909. The number of nitrogens with zero attached hydrogens (tertiary/aromatic N) is 3. The van der Waals surface area contributed by atoms with E-state index in [2.05, 4.69) is 45.2 Å². The van der Waals surface area contributed by atoms with Gasteiger partial charge < -0.3 is 10.6 Å². The molecule has 108 valence electrons. The van der Waals surface area contributed by atoms with Crippen LogP contribution in [-0.4, -0.2) is 35.0 Å². The Hall–Kier alpha value is -2.36. The summed E-state index contributed by atoms with van der Waals surface area (Å²) in [6.07, 6.45) is 5.64. The van der Waals surface area contributed by atoms with Gasteiger partial charge in [-0.15, -0.1) is 0 Å². The Bertz CT molecular complexity index is 595. The molecule has 0 amide bonds. The molecule has 1 atom stereocenters. The second kappa shape index (κ2) is 6.39. The van der Waals surface area contributed by atoms with E-state index in [1.807, 2.05) is 18.3 Å². The lowest BCUT2D eigenvalue weighted by atomic mass is 10.0. The van der Waals surface area contributed by atoms with Crippen LogP contribution >= 0.6 is 0 Å². The zero-order valence-corrected chi connectivity index (χ0v) is 12.0. The third kappa shape index (κ3) is 3.40. The molecule has 0 fully saturated rings. The molecule has 2 aromatic rings. The predicted octanol–water partition coefficient (Wildman–Crippen LogP) is 1.87. The molecule has 1 aliphatic rings. The molecule has 0 spiro atoms. The number of benzene rings is 1. The topological polar surface area (TPSA) is 54.5 Å². The van der Waals surface area contributed by atoms with E-state index in [4.69, 9.17) is 5.73 Å². The number of pyridine rings is 1. The molecule has 0 bridgehead atoms. The number of aliphatic imine (C=N–C) groups is 1. The van der Waals surface area contributed by atoms with Gasteiger partial charge in [0.2, 0.25) is 0 Å². The average molecular weight is 280 g/mol. The van der Waals surface area contributed by atoms with Gasteiger partial charge in [-0.25, -0.2) is 0 Å². The zero-order chi connectivity index (χ0) is 14.5. The fraction of sp³-hybridized carbons (Fsp3) is 0.294. The van der Waals surface area contributed by atoms with Crippen molar-refractivity contribution in [3.63, 3.8) is 0 Å². The van der Waals surface area contributed by atoms with Crippen molar-refractivity contribution >= 4 is 5.96 Å². The SMILES string of the molecule is NC1=NC[C@H](Cc2ccccc2)N1CCc1cccnc1. The minimum atomic E-state index is 0.365. The Morgan fingerprint density at radius 3 is 2.67 bits per heavy atom. The predicted molar refractivity (Wildman–Crippen MR) is 85.1 cm³/mol. The largest absolute Gasteiger partial charge is 0.370 e. The molecule has 1 aliphatic heterocycles. The van der Waals surface area contributed by atoms with Crippen LogP contribution in [0.25, 0.3) is 0 Å². The van der Waals surface area contributed by atoms with E-state index in [-0.39, 0.29) is 0 Å². The molecule has 0 saturated heterocycles. The normalized spacial score (nSPS) is 17.8. The van der Waals surface area contributed by atoms with E-state index >= 15 is 0 Å². The molecule has 4 heteroatoms. The molecule has 3 rings (SSSR count). The van der Waals surface area contributed by atoms with Crippen LogP contribution in [0.1, 0.15) is 11.1 Å². The number of guanidine groups is 1. The highest BCUT2D eigenvalue weighted by molar-refractivity contribution is 5.80. The summed E-state index contributed by atoms with van der Waals surface area (Å²) >= 11 is 0. The van der Waals surface area contributed by atoms with Crippen LogP contribution in [0.4, 0.5) is 0 Å². The van der Waals surface area contributed by atoms with E-state index in [1.165, 1.54) is 11.1 Å². The summed E-state index contributed by atoms with van der Waals surface area (Å²) in [5.41, 5.74) is 8.61. The fourth-order valence-corrected chi connectivity index (χ4v) is 2.73. The Morgan fingerprint density at radius 2 is 1.90 bits per heavy atom. The second-order valence-electron chi connectivity index (χ2n) is 5.35. The Balaban J connectivity index is 1.62. The average Bonchev–Trinajstić information content (AvgIpc) is 2.87. The first-order chi connectivity index (χ1) is 10.3. The molecule has 0 unspecified atom stereocenters. The van der Waals surface area contributed by atoms with E-state index in [0.29, 0.717) is 12.0 Å². The van der Waals surface area contributed by atoms with Gasteiger partial charge in [-0.1, -0.05) is 36.4 Å². The first kappa shape index (κ1) is 13.6. The summed E-state index contributed by atoms with van der Waals surface area (Å²) in [7, 11) is 0. The molecule has 0 saturated carbocycles. The van der Waals surface area contributed by atoms with Crippen molar-refractivity contribution in [2.75, 3.05) is 13.1 Å². The highest BCUT2D eigenvalue weighted by Gasteiger charge is 2.25. The van der Waals surface area contributed by atoms with Crippen LogP contribution in [0.15, 0.2) is 59.9 Å². The lowest BCUT2D eigenvalue weighted by Gasteiger charge is -2.26. The smallest absolute Gasteiger partial charge is 0.191 e. The summed E-state index contributed by atoms with van der Waals surface area (Å²) in [6.45, 7) is 1.67. The van der Waals surface area contributed by atoms with Crippen LogP contribution in [-0.2, 0) is 12.8 Å². The number of aromatic nitrogens is 1. The van der Waals surface area contributed by atoms with E-state index in [9.17, 15) is 0 Å². The van der Waals surface area contributed by atoms with Gasteiger partial charge in [-0.3, -0.25) is 9.98 Å². The minimum Gasteiger partial charge on any atom is -0.370 e. The van der Waals surface area contributed by atoms with Gasteiger partial charge in [-0.05, 0) is 30.0 Å². The summed E-state index contributed by atoms with van der Waals surface area (Å²) < 4.78 is 0. The van der Waals surface area contributed by atoms with Gasteiger partial charge in [-0.2, -0.15) is 0 Å². The maximum absolute atomic E-state index is 6.05. The summed E-state index contributed by atoms with van der Waals surface area (Å²) in [6, 6.07) is 15.0. The molecular formula is C17H20N4. The molecular weight excluding hydrogens is 260 g/mol. The van der Waals surface area contributed by atoms with E-state index < -0.39 is 0 Å². The van der Waals surface area contributed by atoms with Crippen LogP contribution in [0.5, 0.6) is 0 Å². The highest BCUT2D eigenvalue weighted by Crippen LogP contribution is 2.15. The first-order valence-electron chi connectivity index (χ1n) is 7.32. The monoisotopic (exact) mass is 280 g/mol. The number of rotatable bonds is 5. The Kier molecular flexibility index (Phi) is 4.15. The lowest BCUT2D eigenvalue weighted by molar-refractivity contribution is 0.341. The van der Waals surface area contributed by atoms with Gasteiger partial charge in [0.1, 0.15) is 0 Å². The van der Waals surface area contributed by atoms with E-state index in [0.717, 1.165) is 25.9 Å². The standard InChI is InChI=1S/C17H20N4/c18-17-20-13-16(11-14-5-2-1-3-6-14)21(17)10-8-15-7-4-9-19-12-15/h1-7,9,12,16H,8,10-11,13H2,(H2,18,20)/t16-/m0/s1. The Morgan fingerprint density at radius 1 is 1.10 bits per heavy atom. The Labute approximate surface area is 125 Å². The maximum Gasteiger partial charge on any atom is 0.191 e. The van der Waals surface area contributed by atoms with Crippen molar-refractivity contribution < 1.29 is 0 Å². The van der Waals surface area contributed by atoms with Gasteiger partial charge >= 0.3 is 0 Å². The zero-order valence-electron chi connectivity index (χ0n) is 12.0. The third-order valence-electron chi connectivity index (χ3n) is 3.88. The highest BCUT2D eigenvalue weighted by atomic mass is 15.3. The first-order valence-corrected chi connectivity index (χ1v) is 7.32. The molecule has 0 radical (unpaired) electrons. The van der Waals surface area contributed by atoms with Gasteiger partial charge in [0.25, 0.3) is 0 Å². The molecule has 0 aliphatic carbocycles. The molecule has 2 heterocycles.